The summed E-state index contributed by atoms with van der Waals surface area (Å²) < 4.78 is 61.8. The molecule has 0 unspecified atom stereocenters. The summed E-state index contributed by atoms with van der Waals surface area (Å²) in [4.78, 5) is 31.8. The van der Waals surface area contributed by atoms with Gasteiger partial charge >= 0.3 is 6.18 Å². The van der Waals surface area contributed by atoms with Crippen molar-refractivity contribution < 1.29 is 27.4 Å². The summed E-state index contributed by atoms with van der Waals surface area (Å²) in [6, 6.07) is 19.6. The fraction of sp³-hybridized carbons (Fsp3) is 0.250. The summed E-state index contributed by atoms with van der Waals surface area (Å²) in [5.41, 5.74) is 0.717. The maximum absolute atomic E-state index is 15.0. The number of alkyl halides is 3. The van der Waals surface area contributed by atoms with Crippen molar-refractivity contribution in [3.63, 3.8) is 0 Å². The predicted octanol–water partition coefficient (Wildman–Crippen LogP) is 8.48. The number of ether oxygens (including phenoxy) is 3. The molecule has 0 aliphatic heterocycles. The molecule has 6 aromatic rings. The Hall–Kier alpha value is -5.31. The molecule has 0 spiro atoms. The second-order valence-corrected chi connectivity index (χ2v) is 13.8. The normalized spacial score (nSPS) is 11.5. The average Bonchev–Trinajstić information content (AvgIpc) is 3.18. The number of nitrogens with zero attached hydrogens (tertiary/aromatic N) is 4. The lowest BCUT2D eigenvalue weighted by Gasteiger charge is -2.27. The minimum atomic E-state index is -4.81. The predicted molar refractivity (Wildman–Crippen MR) is 209 cm³/mol. The Labute approximate surface area is 325 Å². The highest BCUT2D eigenvalue weighted by Crippen LogP contribution is 2.46. The number of nitrogens with one attached hydrogen (secondary N) is 2. The highest BCUT2D eigenvalue weighted by Gasteiger charge is 2.38. The Kier molecular flexibility index (Phi) is 12.5. The molecule has 0 aliphatic carbocycles. The number of benzene rings is 3. The van der Waals surface area contributed by atoms with E-state index in [1.807, 2.05) is 65.8 Å². The van der Waals surface area contributed by atoms with Gasteiger partial charge in [0.2, 0.25) is 0 Å². The van der Waals surface area contributed by atoms with Gasteiger partial charge in [0, 0.05) is 49.0 Å². The first-order valence-corrected chi connectivity index (χ1v) is 18.7. The number of aryl methyl sites for hydroxylation is 1. The first-order chi connectivity index (χ1) is 26.5. The zero-order valence-electron chi connectivity index (χ0n) is 30.5. The van der Waals surface area contributed by atoms with Crippen LogP contribution in [0.5, 0.6) is 17.2 Å². The highest BCUT2D eigenvalue weighted by molar-refractivity contribution is 7.98. The van der Waals surface area contributed by atoms with Crippen molar-refractivity contribution in [2.24, 2.45) is 0 Å². The van der Waals surface area contributed by atoms with Gasteiger partial charge in [-0.1, -0.05) is 35.9 Å². The van der Waals surface area contributed by atoms with Crippen LogP contribution in [0.4, 0.5) is 19.0 Å². The average molecular weight is 791 g/mol. The number of halogens is 4. The summed E-state index contributed by atoms with van der Waals surface area (Å²) in [6.07, 6.45) is 1.86. The summed E-state index contributed by atoms with van der Waals surface area (Å²) in [7, 11) is 3.15. The van der Waals surface area contributed by atoms with Crippen LogP contribution in [0.25, 0.3) is 22.2 Å². The standard InChI is InChI=1S/C40H38ClF3N6O4S/c1-24-15-33(50(21-25-5-9-28(52-2)10-6-25)22-26-7-11-29(53-3)12-8-26)49-37(35(24)40(42,43)44)31-17-32-34(39(51)48-23-47-32)38(36(31)41)54-14-13-45-18-27-16-30(55-4)20-46-19-27/h5-12,15-17,19-20,23,45H,13-14,18,21-22H2,1-4H3,(H,47,48,51). The molecule has 0 amide bonds. The van der Waals surface area contributed by atoms with Crippen molar-refractivity contribution in [1.82, 2.24) is 25.3 Å². The molecule has 0 aliphatic rings. The quantitative estimate of drug-likeness (QED) is 0.0776. The summed E-state index contributed by atoms with van der Waals surface area (Å²) in [5, 5.41) is 3.07. The van der Waals surface area contributed by atoms with Crippen LogP contribution < -0.4 is 30.0 Å². The monoisotopic (exact) mass is 790 g/mol. The number of fused-ring (bicyclic) bond motifs is 1. The van der Waals surface area contributed by atoms with Crippen LogP contribution in [0.2, 0.25) is 5.02 Å². The molecule has 0 atom stereocenters. The van der Waals surface area contributed by atoms with E-state index in [9.17, 15) is 4.79 Å². The number of hydrogen-bond donors (Lipinski definition) is 2. The van der Waals surface area contributed by atoms with Gasteiger partial charge in [0.25, 0.3) is 5.56 Å². The lowest BCUT2D eigenvalue weighted by Crippen LogP contribution is -2.24. The molecule has 0 fully saturated rings. The number of aromatic nitrogens is 4. The first-order valence-electron chi connectivity index (χ1n) is 17.1. The number of anilines is 1. The van der Waals surface area contributed by atoms with Crippen molar-refractivity contribution in [3.8, 4) is 28.5 Å². The molecule has 286 valence electrons. The lowest BCUT2D eigenvalue weighted by molar-refractivity contribution is -0.137. The van der Waals surface area contributed by atoms with Gasteiger partial charge in [0.1, 0.15) is 29.3 Å². The minimum Gasteiger partial charge on any atom is -0.497 e. The van der Waals surface area contributed by atoms with Crippen molar-refractivity contribution in [2.75, 3.05) is 38.5 Å². The molecule has 55 heavy (non-hydrogen) atoms. The summed E-state index contributed by atoms with van der Waals surface area (Å²) >= 11 is 8.56. The van der Waals surface area contributed by atoms with Crippen molar-refractivity contribution >= 4 is 40.1 Å². The number of H-pyrrole nitrogens is 1. The van der Waals surface area contributed by atoms with Crippen LogP contribution in [0.15, 0.2) is 95.1 Å². The Morgan fingerprint density at radius 3 is 2.18 bits per heavy atom. The van der Waals surface area contributed by atoms with E-state index >= 15 is 13.2 Å². The first kappa shape index (κ1) is 39.4. The number of hydrogen-bond acceptors (Lipinski definition) is 10. The topological polar surface area (TPSA) is 114 Å². The van der Waals surface area contributed by atoms with E-state index in [0.29, 0.717) is 37.7 Å². The van der Waals surface area contributed by atoms with Gasteiger partial charge < -0.3 is 29.4 Å². The molecule has 0 bridgehead atoms. The molecule has 2 N–H and O–H groups in total. The molecule has 3 aromatic carbocycles. The van der Waals surface area contributed by atoms with E-state index in [2.05, 4.69) is 20.3 Å². The number of methoxy groups -OCH3 is 2. The van der Waals surface area contributed by atoms with Crippen LogP contribution in [-0.2, 0) is 25.8 Å². The zero-order valence-corrected chi connectivity index (χ0v) is 32.0. The van der Waals surface area contributed by atoms with Gasteiger partial charge in [-0.15, -0.1) is 11.8 Å². The fourth-order valence-corrected chi connectivity index (χ4v) is 6.83. The van der Waals surface area contributed by atoms with Gasteiger partial charge in [-0.05, 0) is 77.9 Å². The molecule has 10 nitrogen and oxygen atoms in total. The second-order valence-electron chi connectivity index (χ2n) is 12.5. The second kappa shape index (κ2) is 17.4. The zero-order chi connectivity index (χ0) is 39.1. The number of pyridine rings is 2. The molecular formula is C40H38ClF3N6O4S. The van der Waals surface area contributed by atoms with Crippen LogP contribution in [0, 0.1) is 6.92 Å². The third-order valence-corrected chi connectivity index (χ3v) is 9.89. The molecule has 0 saturated carbocycles. The third kappa shape index (κ3) is 9.32. The fourth-order valence-electron chi connectivity index (χ4n) is 6.10. The van der Waals surface area contributed by atoms with Crippen LogP contribution in [0.3, 0.4) is 0 Å². The number of rotatable bonds is 15. The Morgan fingerprint density at radius 2 is 1.58 bits per heavy atom. The van der Waals surface area contributed by atoms with E-state index in [4.69, 9.17) is 30.8 Å². The molecule has 15 heteroatoms. The molecule has 0 radical (unpaired) electrons. The van der Waals surface area contributed by atoms with Crippen LogP contribution in [-0.4, -0.2) is 53.6 Å². The number of aromatic amines is 1. The van der Waals surface area contributed by atoms with E-state index in [1.54, 1.807) is 38.4 Å². The summed E-state index contributed by atoms with van der Waals surface area (Å²) in [6.45, 7) is 2.86. The molecule has 6 rings (SSSR count). The Bertz CT molecular complexity index is 2280. The maximum atomic E-state index is 15.0. The maximum Gasteiger partial charge on any atom is 0.418 e. The van der Waals surface area contributed by atoms with Gasteiger partial charge in [-0.2, -0.15) is 13.2 Å². The van der Waals surface area contributed by atoms with Gasteiger partial charge in [0.15, 0.2) is 5.75 Å². The number of thioether (sulfide) groups is 1. The lowest BCUT2D eigenvalue weighted by atomic mass is 9.99. The molecular weight excluding hydrogens is 753 g/mol. The van der Waals surface area contributed by atoms with E-state index in [1.165, 1.54) is 25.4 Å². The van der Waals surface area contributed by atoms with Gasteiger partial charge in [-0.25, -0.2) is 9.97 Å². The van der Waals surface area contributed by atoms with Gasteiger partial charge in [0.05, 0.1) is 42.3 Å². The SMILES string of the molecule is COc1ccc(CN(Cc2ccc(OC)cc2)c2cc(C)c(C(F)(F)F)c(-c3cc4nc[nH]c(=O)c4c(OCCNCc4cncc(SC)c4)c3Cl)n2)cc1. The van der Waals surface area contributed by atoms with Crippen molar-refractivity contribution in [2.45, 2.75) is 37.6 Å². The highest BCUT2D eigenvalue weighted by atomic mass is 35.5. The largest absolute Gasteiger partial charge is 0.497 e. The van der Waals surface area contributed by atoms with Crippen LogP contribution in [0.1, 0.15) is 27.8 Å². The minimum absolute atomic E-state index is 0.00944. The van der Waals surface area contributed by atoms with E-state index in [-0.39, 0.29) is 45.2 Å². The van der Waals surface area contributed by atoms with E-state index < -0.39 is 23.0 Å². The smallest absolute Gasteiger partial charge is 0.418 e. The molecule has 3 aromatic heterocycles. The van der Waals surface area contributed by atoms with Gasteiger partial charge in [-0.3, -0.25) is 9.78 Å². The Balaban J connectivity index is 1.42. The summed E-state index contributed by atoms with van der Waals surface area (Å²) in [5.74, 6) is 1.51. The molecule has 0 saturated heterocycles. The third-order valence-electron chi connectivity index (χ3n) is 8.82. The van der Waals surface area contributed by atoms with Crippen molar-refractivity contribution in [1.29, 1.82) is 0 Å². The Morgan fingerprint density at radius 1 is 0.927 bits per heavy atom. The molecule has 3 heterocycles. The van der Waals surface area contributed by atoms with Crippen LogP contribution >= 0.6 is 23.4 Å². The van der Waals surface area contributed by atoms with E-state index in [0.717, 1.165) is 21.6 Å². The van der Waals surface area contributed by atoms with Crippen molar-refractivity contribution in [3.05, 3.63) is 129 Å².